The van der Waals surface area contributed by atoms with Crippen LogP contribution in [0.2, 0.25) is 0 Å². The number of ether oxygens (including phenoxy) is 1. The molecule has 1 aromatic rings. The summed E-state index contributed by atoms with van der Waals surface area (Å²) in [5, 5.41) is 11.6. The lowest BCUT2D eigenvalue weighted by Gasteiger charge is -2.21. The van der Waals surface area contributed by atoms with Crippen LogP contribution in [0.25, 0.3) is 0 Å². The van der Waals surface area contributed by atoms with Crippen molar-refractivity contribution in [2.75, 3.05) is 5.75 Å². The SMILES string of the molecule is Cn1nnnc1SCC(=O)OC1CCCCC1. The second kappa shape index (κ2) is 6.00. The van der Waals surface area contributed by atoms with Crippen LogP contribution in [-0.4, -0.2) is 38.0 Å². The van der Waals surface area contributed by atoms with Crippen molar-refractivity contribution in [1.82, 2.24) is 20.2 Å². The van der Waals surface area contributed by atoms with Crippen LogP contribution in [0, 0.1) is 0 Å². The lowest BCUT2D eigenvalue weighted by Crippen LogP contribution is -2.22. The highest BCUT2D eigenvalue weighted by Gasteiger charge is 2.18. The molecule has 0 radical (unpaired) electrons. The standard InChI is InChI=1S/C10H16N4O2S/c1-14-10(11-12-13-14)17-7-9(15)16-8-5-3-2-4-6-8/h8H,2-7H2,1H3. The van der Waals surface area contributed by atoms with Crippen LogP contribution in [-0.2, 0) is 16.6 Å². The van der Waals surface area contributed by atoms with E-state index in [0.29, 0.717) is 5.16 Å². The number of aryl methyl sites for hydroxylation is 1. The average Bonchev–Trinajstić information content (AvgIpc) is 2.74. The molecule has 1 heterocycles. The van der Waals surface area contributed by atoms with Crippen LogP contribution >= 0.6 is 11.8 Å². The molecule has 2 rings (SSSR count). The molecule has 0 aromatic carbocycles. The Bertz CT molecular complexity index is 376. The Morgan fingerprint density at radius 1 is 1.47 bits per heavy atom. The fourth-order valence-electron chi connectivity index (χ4n) is 1.87. The third-order valence-electron chi connectivity index (χ3n) is 2.75. The number of tetrazole rings is 1. The average molecular weight is 256 g/mol. The summed E-state index contributed by atoms with van der Waals surface area (Å²) < 4.78 is 6.93. The van der Waals surface area contributed by atoms with E-state index in [-0.39, 0.29) is 17.8 Å². The van der Waals surface area contributed by atoms with E-state index >= 15 is 0 Å². The van der Waals surface area contributed by atoms with Gasteiger partial charge in [0, 0.05) is 7.05 Å². The summed E-state index contributed by atoms with van der Waals surface area (Å²) in [5.41, 5.74) is 0. The first-order chi connectivity index (χ1) is 8.25. The van der Waals surface area contributed by atoms with E-state index in [1.54, 1.807) is 11.7 Å². The van der Waals surface area contributed by atoms with Gasteiger partial charge in [0.05, 0.1) is 5.75 Å². The Morgan fingerprint density at radius 2 is 2.24 bits per heavy atom. The zero-order valence-electron chi connectivity index (χ0n) is 9.83. The smallest absolute Gasteiger partial charge is 0.316 e. The number of nitrogens with zero attached hydrogens (tertiary/aromatic N) is 4. The van der Waals surface area contributed by atoms with Crippen molar-refractivity contribution in [3.05, 3.63) is 0 Å². The van der Waals surface area contributed by atoms with E-state index in [1.807, 2.05) is 0 Å². The van der Waals surface area contributed by atoms with Gasteiger partial charge in [-0.2, -0.15) is 0 Å². The summed E-state index contributed by atoms with van der Waals surface area (Å²) in [4.78, 5) is 11.6. The van der Waals surface area contributed by atoms with Crippen molar-refractivity contribution in [3.8, 4) is 0 Å². The summed E-state index contributed by atoms with van der Waals surface area (Å²) in [6.45, 7) is 0. The summed E-state index contributed by atoms with van der Waals surface area (Å²) in [5.74, 6) is 0.0925. The van der Waals surface area contributed by atoms with Crippen LogP contribution in [0.15, 0.2) is 5.16 Å². The molecule has 6 nitrogen and oxygen atoms in total. The Labute approximate surface area is 104 Å². The third-order valence-corrected chi connectivity index (χ3v) is 3.73. The van der Waals surface area contributed by atoms with Crippen molar-refractivity contribution < 1.29 is 9.53 Å². The fraction of sp³-hybridized carbons (Fsp3) is 0.800. The molecule has 0 bridgehead atoms. The first-order valence-electron chi connectivity index (χ1n) is 5.80. The lowest BCUT2D eigenvalue weighted by molar-refractivity contribution is -0.147. The maximum atomic E-state index is 11.6. The minimum absolute atomic E-state index is 0.120. The number of thioether (sulfide) groups is 1. The van der Waals surface area contributed by atoms with E-state index in [2.05, 4.69) is 15.5 Å². The summed E-state index contributed by atoms with van der Waals surface area (Å²) >= 11 is 1.30. The number of carbonyl (C=O) groups excluding carboxylic acids is 1. The first kappa shape index (κ1) is 12.3. The molecule has 1 aliphatic rings. The van der Waals surface area contributed by atoms with Crippen molar-refractivity contribution in [2.24, 2.45) is 7.05 Å². The van der Waals surface area contributed by atoms with Crippen LogP contribution in [0.3, 0.4) is 0 Å². The molecular weight excluding hydrogens is 240 g/mol. The summed E-state index contributed by atoms with van der Waals surface area (Å²) in [6, 6.07) is 0. The molecule has 1 aromatic heterocycles. The van der Waals surface area contributed by atoms with Crippen LogP contribution in [0.5, 0.6) is 0 Å². The zero-order chi connectivity index (χ0) is 12.1. The minimum atomic E-state index is -0.176. The predicted octanol–water partition coefficient (Wildman–Crippen LogP) is 1.18. The van der Waals surface area contributed by atoms with Crippen LogP contribution in [0.4, 0.5) is 0 Å². The number of carbonyl (C=O) groups is 1. The molecule has 0 unspecified atom stereocenters. The first-order valence-corrected chi connectivity index (χ1v) is 6.79. The Balaban J connectivity index is 1.72. The Kier molecular flexibility index (Phi) is 4.36. The van der Waals surface area contributed by atoms with Gasteiger partial charge >= 0.3 is 5.97 Å². The second-order valence-electron chi connectivity index (χ2n) is 4.12. The van der Waals surface area contributed by atoms with Gasteiger partial charge in [-0.05, 0) is 36.1 Å². The van der Waals surface area contributed by atoms with Gasteiger partial charge in [0.1, 0.15) is 6.10 Å². The molecule has 1 saturated carbocycles. The van der Waals surface area contributed by atoms with Gasteiger partial charge in [0.2, 0.25) is 5.16 Å². The largest absolute Gasteiger partial charge is 0.462 e. The van der Waals surface area contributed by atoms with E-state index in [1.165, 1.54) is 18.2 Å². The van der Waals surface area contributed by atoms with Gasteiger partial charge in [-0.15, -0.1) is 5.10 Å². The lowest BCUT2D eigenvalue weighted by atomic mass is 9.98. The van der Waals surface area contributed by atoms with E-state index in [9.17, 15) is 4.79 Å². The van der Waals surface area contributed by atoms with E-state index < -0.39 is 0 Å². The van der Waals surface area contributed by atoms with Gasteiger partial charge in [-0.25, -0.2) is 4.68 Å². The topological polar surface area (TPSA) is 69.9 Å². The van der Waals surface area contributed by atoms with Gasteiger partial charge in [-0.3, -0.25) is 4.79 Å². The van der Waals surface area contributed by atoms with E-state index in [0.717, 1.165) is 25.7 Å². The molecule has 0 atom stereocenters. The molecule has 0 spiro atoms. The minimum Gasteiger partial charge on any atom is -0.462 e. The number of aromatic nitrogens is 4. The normalized spacial score (nSPS) is 17.0. The van der Waals surface area contributed by atoms with Crippen molar-refractivity contribution in [1.29, 1.82) is 0 Å². The number of rotatable bonds is 4. The molecule has 1 aliphatic carbocycles. The molecule has 0 saturated heterocycles. The zero-order valence-corrected chi connectivity index (χ0v) is 10.7. The molecule has 94 valence electrons. The maximum absolute atomic E-state index is 11.6. The molecule has 1 fully saturated rings. The number of hydrogen-bond acceptors (Lipinski definition) is 6. The predicted molar refractivity (Wildman–Crippen MR) is 62.5 cm³/mol. The second-order valence-corrected chi connectivity index (χ2v) is 5.07. The van der Waals surface area contributed by atoms with Gasteiger partial charge in [-0.1, -0.05) is 18.2 Å². The highest BCUT2D eigenvalue weighted by atomic mass is 32.2. The molecule has 0 amide bonds. The molecule has 0 aliphatic heterocycles. The van der Waals surface area contributed by atoms with Crippen molar-refractivity contribution >= 4 is 17.7 Å². The molecule has 0 N–H and O–H groups in total. The summed E-state index contributed by atoms with van der Waals surface area (Å²) in [7, 11) is 1.74. The van der Waals surface area contributed by atoms with E-state index in [4.69, 9.17) is 4.74 Å². The van der Waals surface area contributed by atoms with Crippen molar-refractivity contribution in [2.45, 2.75) is 43.4 Å². The van der Waals surface area contributed by atoms with Crippen LogP contribution < -0.4 is 0 Å². The third kappa shape index (κ3) is 3.69. The number of esters is 1. The molecule has 7 heteroatoms. The highest BCUT2D eigenvalue weighted by molar-refractivity contribution is 7.99. The summed E-state index contributed by atoms with van der Waals surface area (Å²) in [6.07, 6.45) is 5.71. The van der Waals surface area contributed by atoms with Gasteiger partial charge < -0.3 is 4.74 Å². The van der Waals surface area contributed by atoms with Crippen molar-refractivity contribution in [3.63, 3.8) is 0 Å². The Morgan fingerprint density at radius 3 is 2.88 bits per heavy atom. The van der Waals surface area contributed by atoms with Crippen LogP contribution in [0.1, 0.15) is 32.1 Å². The Hall–Kier alpha value is -1.11. The van der Waals surface area contributed by atoms with Gasteiger partial charge in [0.25, 0.3) is 0 Å². The maximum Gasteiger partial charge on any atom is 0.316 e. The molecule has 17 heavy (non-hydrogen) atoms. The molecular formula is C10H16N4O2S. The fourth-order valence-corrected chi connectivity index (χ4v) is 2.50. The highest BCUT2D eigenvalue weighted by Crippen LogP contribution is 2.21. The van der Waals surface area contributed by atoms with Gasteiger partial charge in [0.15, 0.2) is 0 Å². The number of hydrogen-bond donors (Lipinski definition) is 0. The quantitative estimate of drug-likeness (QED) is 0.595. The monoisotopic (exact) mass is 256 g/mol.